The third-order valence-corrected chi connectivity index (χ3v) is 6.27. The van der Waals surface area contributed by atoms with E-state index in [9.17, 15) is 4.79 Å². The number of amidine groups is 1. The first-order chi connectivity index (χ1) is 15.7. The molecule has 1 heterocycles. The maximum absolute atomic E-state index is 13.0. The fourth-order valence-electron chi connectivity index (χ4n) is 3.20. The van der Waals surface area contributed by atoms with Crippen molar-refractivity contribution in [3.8, 4) is 11.5 Å². The molecule has 0 radical (unpaired) electrons. The largest absolute Gasteiger partial charge is 0.490 e. The second kappa shape index (κ2) is 11.3. The van der Waals surface area contributed by atoms with Crippen molar-refractivity contribution in [2.75, 3.05) is 6.61 Å². The van der Waals surface area contributed by atoms with Crippen LogP contribution in [0.25, 0.3) is 6.08 Å². The van der Waals surface area contributed by atoms with E-state index in [1.54, 1.807) is 17.0 Å². The lowest BCUT2D eigenvalue weighted by atomic mass is 10.1. The molecule has 1 amide bonds. The molecule has 0 unspecified atom stereocenters. The Hall–Kier alpha value is -2.15. The lowest BCUT2D eigenvalue weighted by molar-refractivity contribution is -0.123. The number of rotatable bonds is 8. The number of benzene rings is 2. The van der Waals surface area contributed by atoms with E-state index in [0.717, 1.165) is 16.3 Å². The summed E-state index contributed by atoms with van der Waals surface area (Å²) >= 11 is 13.6. The molecular formula is C25H28Cl2N2O3S. The molecule has 2 aromatic rings. The molecule has 0 N–H and O–H groups in total. The van der Waals surface area contributed by atoms with Crippen molar-refractivity contribution in [2.45, 2.75) is 53.3 Å². The lowest BCUT2D eigenvalue weighted by Crippen LogP contribution is -2.35. The topological polar surface area (TPSA) is 51.1 Å². The minimum Gasteiger partial charge on any atom is -0.490 e. The van der Waals surface area contributed by atoms with Crippen molar-refractivity contribution in [2.24, 2.45) is 4.99 Å². The van der Waals surface area contributed by atoms with Crippen molar-refractivity contribution in [1.82, 2.24) is 4.90 Å². The Kier molecular flexibility index (Phi) is 8.74. The van der Waals surface area contributed by atoms with Crippen LogP contribution in [0.2, 0.25) is 10.0 Å². The van der Waals surface area contributed by atoms with Crippen LogP contribution in [0.15, 0.2) is 46.3 Å². The van der Waals surface area contributed by atoms with Crippen molar-refractivity contribution in [3.05, 3.63) is 62.5 Å². The summed E-state index contributed by atoms with van der Waals surface area (Å²) in [6.07, 6.45) is 1.87. The van der Waals surface area contributed by atoms with E-state index in [4.69, 9.17) is 32.7 Å². The van der Waals surface area contributed by atoms with Crippen LogP contribution < -0.4 is 9.47 Å². The normalized spacial score (nSPS) is 16.5. The van der Waals surface area contributed by atoms with Crippen LogP contribution >= 0.6 is 35.0 Å². The number of carbonyl (C=O) groups is 1. The molecule has 0 saturated carbocycles. The zero-order valence-electron chi connectivity index (χ0n) is 19.4. The van der Waals surface area contributed by atoms with Gasteiger partial charge in [0.2, 0.25) is 0 Å². The van der Waals surface area contributed by atoms with Gasteiger partial charge in [0.05, 0.1) is 11.5 Å². The molecule has 0 aliphatic carbocycles. The second-order valence-electron chi connectivity index (χ2n) is 8.05. The van der Waals surface area contributed by atoms with Gasteiger partial charge in [-0.15, -0.1) is 0 Å². The van der Waals surface area contributed by atoms with Gasteiger partial charge in [-0.3, -0.25) is 14.7 Å². The molecule has 0 aromatic heterocycles. The monoisotopic (exact) mass is 506 g/mol. The van der Waals surface area contributed by atoms with E-state index in [-0.39, 0.29) is 24.6 Å². The SMILES string of the molecule is CCOc1cc(/C=C2/SC(=NC(C)C)N(C(C)C)C2=O)ccc1OCc1ccc(Cl)cc1Cl. The summed E-state index contributed by atoms with van der Waals surface area (Å²) in [5, 5.41) is 1.86. The van der Waals surface area contributed by atoms with Crippen LogP contribution in [-0.4, -0.2) is 34.7 Å². The summed E-state index contributed by atoms with van der Waals surface area (Å²) < 4.78 is 11.8. The molecule has 1 aliphatic heterocycles. The third-order valence-electron chi connectivity index (χ3n) is 4.69. The van der Waals surface area contributed by atoms with Gasteiger partial charge in [-0.05, 0) is 82.3 Å². The highest BCUT2D eigenvalue weighted by Crippen LogP contribution is 2.36. The lowest BCUT2D eigenvalue weighted by Gasteiger charge is -2.20. The number of aliphatic imine (C=N–C) groups is 1. The second-order valence-corrected chi connectivity index (χ2v) is 9.90. The van der Waals surface area contributed by atoms with Gasteiger partial charge in [-0.1, -0.05) is 35.3 Å². The van der Waals surface area contributed by atoms with Crippen LogP contribution in [0.1, 0.15) is 45.7 Å². The molecule has 0 spiro atoms. The molecule has 8 heteroatoms. The number of hydrogen-bond acceptors (Lipinski definition) is 5. The average Bonchev–Trinajstić information content (AvgIpc) is 3.03. The van der Waals surface area contributed by atoms with Crippen LogP contribution in [0.4, 0.5) is 0 Å². The van der Waals surface area contributed by atoms with Crippen molar-refractivity contribution in [3.63, 3.8) is 0 Å². The van der Waals surface area contributed by atoms with Gasteiger partial charge in [0.15, 0.2) is 16.7 Å². The maximum atomic E-state index is 13.0. The van der Waals surface area contributed by atoms with Crippen LogP contribution in [-0.2, 0) is 11.4 Å². The zero-order valence-corrected chi connectivity index (χ0v) is 21.7. The summed E-state index contributed by atoms with van der Waals surface area (Å²) in [6.45, 7) is 10.7. The summed E-state index contributed by atoms with van der Waals surface area (Å²) in [5.74, 6) is 1.16. The van der Waals surface area contributed by atoms with E-state index in [2.05, 4.69) is 4.99 Å². The molecule has 5 nitrogen and oxygen atoms in total. The first-order valence-electron chi connectivity index (χ1n) is 10.8. The van der Waals surface area contributed by atoms with Gasteiger partial charge >= 0.3 is 0 Å². The average molecular weight is 507 g/mol. The van der Waals surface area contributed by atoms with Crippen molar-refractivity contribution in [1.29, 1.82) is 0 Å². The highest BCUT2D eigenvalue weighted by Gasteiger charge is 2.35. The van der Waals surface area contributed by atoms with Gasteiger partial charge in [0.1, 0.15) is 6.61 Å². The summed E-state index contributed by atoms with van der Waals surface area (Å²) in [4.78, 5) is 20.0. The van der Waals surface area contributed by atoms with E-state index >= 15 is 0 Å². The predicted molar refractivity (Wildman–Crippen MR) is 139 cm³/mol. The molecule has 1 aliphatic rings. The van der Waals surface area contributed by atoms with Crippen LogP contribution in [0.5, 0.6) is 11.5 Å². The molecule has 0 atom stereocenters. The van der Waals surface area contributed by atoms with Crippen LogP contribution in [0.3, 0.4) is 0 Å². The summed E-state index contributed by atoms with van der Waals surface area (Å²) in [6, 6.07) is 11.1. The number of halogens is 2. The highest BCUT2D eigenvalue weighted by atomic mass is 35.5. The Bertz CT molecular complexity index is 1080. The Labute approximate surface area is 209 Å². The quantitative estimate of drug-likeness (QED) is 0.359. The number of amides is 1. The predicted octanol–water partition coefficient (Wildman–Crippen LogP) is 7.06. The van der Waals surface area contributed by atoms with E-state index in [1.165, 1.54) is 11.8 Å². The Balaban J connectivity index is 1.85. The molecule has 33 heavy (non-hydrogen) atoms. The fraction of sp³-hybridized carbons (Fsp3) is 0.360. The Morgan fingerprint density at radius 2 is 1.82 bits per heavy atom. The fourth-order valence-corrected chi connectivity index (χ4v) is 4.90. The number of hydrogen-bond donors (Lipinski definition) is 0. The minimum absolute atomic E-state index is 0.0304. The number of thioether (sulfide) groups is 1. The molecule has 1 saturated heterocycles. The molecule has 176 valence electrons. The van der Waals surface area contributed by atoms with Gasteiger partial charge in [0, 0.05) is 27.7 Å². The molecular weight excluding hydrogens is 479 g/mol. The number of carbonyl (C=O) groups excluding carboxylic acids is 1. The molecule has 2 aromatic carbocycles. The maximum Gasteiger partial charge on any atom is 0.266 e. The van der Waals surface area contributed by atoms with E-state index in [1.807, 2.05) is 65.0 Å². The summed E-state index contributed by atoms with van der Waals surface area (Å²) in [5.41, 5.74) is 1.68. The Morgan fingerprint density at radius 1 is 1.06 bits per heavy atom. The van der Waals surface area contributed by atoms with Gasteiger partial charge in [0.25, 0.3) is 5.91 Å². The van der Waals surface area contributed by atoms with Crippen molar-refractivity contribution >= 4 is 52.1 Å². The van der Waals surface area contributed by atoms with Crippen LogP contribution in [0, 0.1) is 0 Å². The van der Waals surface area contributed by atoms with E-state index < -0.39 is 0 Å². The third kappa shape index (κ3) is 6.46. The first kappa shape index (κ1) is 25.5. The molecule has 1 fully saturated rings. The van der Waals surface area contributed by atoms with Gasteiger partial charge in [-0.2, -0.15) is 0 Å². The molecule has 0 bridgehead atoms. The Morgan fingerprint density at radius 3 is 2.45 bits per heavy atom. The van der Waals surface area contributed by atoms with Crippen molar-refractivity contribution < 1.29 is 14.3 Å². The smallest absolute Gasteiger partial charge is 0.266 e. The highest BCUT2D eigenvalue weighted by molar-refractivity contribution is 8.18. The standard InChI is InChI=1S/C25H28Cl2N2O3S/c1-6-31-22-11-17(7-10-21(22)32-14-18-8-9-19(26)13-20(18)27)12-23-24(30)29(16(4)5)25(33-23)28-15(2)3/h7-13,15-16H,6,14H2,1-5H3/b23-12+,28-25?. The first-order valence-corrected chi connectivity index (χ1v) is 12.4. The summed E-state index contributed by atoms with van der Waals surface area (Å²) in [7, 11) is 0. The van der Waals surface area contributed by atoms with Gasteiger partial charge < -0.3 is 9.47 Å². The number of nitrogens with zero attached hydrogens (tertiary/aromatic N) is 2. The molecule has 3 rings (SSSR count). The van der Waals surface area contributed by atoms with Gasteiger partial charge in [-0.25, -0.2) is 0 Å². The minimum atomic E-state index is -0.0370. The number of ether oxygens (including phenoxy) is 2. The van der Waals surface area contributed by atoms with E-state index in [0.29, 0.717) is 33.1 Å². The zero-order chi connectivity index (χ0) is 24.1.